The molecule has 3 aromatic rings. The van der Waals surface area contributed by atoms with E-state index in [1.807, 2.05) is 25.4 Å². The number of anilines is 1. The quantitative estimate of drug-likeness (QED) is 0.508. The second-order valence-corrected chi connectivity index (χ2v) is 10.9. The average molecular weight is 468 g/mol. The minimum absolute atomic E-state index is 0.486. The van der Waals surface area contributed by atoms with Crippen LogP contribution in [0.1, 0.15) is 56.3 Å². The molecule has 9 heteroatoms. The molecule has 1 saturated carbocycles. The fraction of sp³-hybridized carbons (Fsp3) is 0.522. The smallest absolute Gasteiger partial charge is 0.188 e. The molecule has 1 aliphatic heterocycles. The maximum absolute atomic E-state index is 6.31. The summed E-state index contributed by atoms with van der Waals surface area (Å²) in [7, 11) is 0. The van der Waals surface area contributed by atoms with Crippen molar-refractivity contribution in [1.29, 1.82) is 0 Å². The van der Waals surface area contributed by atoms with Gasteiger partial charge in [-0.05, 0) is 51.8 Å². The van der Waals surface area contributed by atoms with Gasteiger partial charge in [0.15, 0.2) is 5.16 Å². The summed E-state index contributed by atoms with van der Waals surface area (Å²) in [6.07, 6.45) is 12.7. The lowest BCUT2D eigenvalue weighted by atomic mass is 10.0. The Bertz CT molecular complexity index is 1050. The number of nitrogens with two attached hydrogens (primary N) is 1. The van der Waals surface area contributed by atoms with E-state index in [0.717, 1.165) is 57.5 Å². The number of hydrogen-bond donors (Lipinski definition) is 1. The fourth-order valence-electron chi connectivity index (χ4n) is 4.38. The molecule has 2 fully saturated rings. The van der Waals surface area contributed by atoms with E-state index in [2.05, 4.69) is 24.8 Å². The maximum Gasteiger partial charge on any atom is 0.188 e. The van der Waals surface area contributed by atoms with Crippen molar-refractivity contribution in [2.45, 2.75) is 68.8 Å². The molecule has 0 spiro atoms. The van der Waals surface area contributed by atoms with E-state index in [4.69, 9.17) is 10.7 Å². The molecule has 0 unspecified atom stereocenters. The van der Waals surface area contributed by atoms with E-state index < -0.39 is 0 Å². The van der Waals surface area contributed by atoms with Gasteiger partial charge in [0, 0.05) is 17.5 Å². The number of likely N-dealkylation sites (tertiary alicyclic amines) is 1. The molecular formula is C23H29N7S2. The summed E-state index contributed by atoms with van der Waals surface area (Å²) in [6, 6.07) is 1.99. The molecule has 0 radical (unpaired) electrons. The third kappa shape index (κ3) is 5.10. The van der Waals surface area contributed by atoms with Gasteiger partial charge in [0.25, 0.3) is 0 Å². The molecular weight excluding hydrogens is 438 g/mol. The van der Waals surface area contributed by atoms with Gasteiger partial charge in [-0.25, -0.2) is 15.0 Å². The Labute approximate surface area is 197 Å². The summed E-state index contributed by atoms with van der Waals surface area (Å²) in [6.45, 7) is 5.17. The molecule has 0 atom stereocenters. The van der Waals surface area contributed by atoms with E-state index >= 15 is 0 Å². The SMILES string of the molecule is Cc1cc(-c2sc(-c3cnc(CN4CCCC4)cn3)nc2N)nc(SC2CCCCC2)n1. The second kappa shape index (κ2) is 9.80. The molecule has 0 amide bonds. The molecule has 0 aromatic carbocycles. The molecule has 168 valence electrons. The summed E-state index contributed by atoms with van der Waals surface area (Å²) in [4.78, 5) is 26.6. The molecule has 7 nitrogen and oxygen atoms in total. The summed E-state index contributed by atoms with van der Waals surface area (Å²) >= 11 is 3.33. The van der Waals surface area contributed by atoms with Gasteiger partial charge in [0.05, 0.1) is 28.7 Å². The van der Waals surface area contributed by atoms with Crippen molar-refractivity contribution in [1.82, 2.24) is 29.8 Å². The van der Waals surface area contributed by atoms with Gasteiger partial charge in [0.1, 0.15) is 16.5 Å². The third-order valence-electron chi connectivity index (χ3n) is 6.05. The van der Waals surface area contributed by atoms with Crippen LogP contribution >= 0.6 is 23.1 Å². The lowest BCUT2D eigenvalue weighted by molar-refractivity contribution is 0.327. The summed E-state index contributed by atoms with van der Waals surface area (Å²) in [5, 5.41) is 2.23. The monoisotopic (exact) mass is 467 g/mol. The number of hydrogen-bond acceptors (Lipinski definition) is 9. The van der Waals surface area contributed by atoms with Crippen LogP contribution in [0.5, 0.6) is 0 Å². The summed E-state index contributed by atoms with van der Waals surface area (Å²) in [5.74, 6) is 0.486. The van der Waals surface area contributed by atoms with Crippen LogP contribution in [-0.4, -0.2) is 48.2 Å². The molecule has 3 aromatic heterocycles. The number of thiazole rings is 1. The van der Waals surface area contributed by atoms with Crippen LogP contribution < -0.4 is 5.73 Å². The molecule has 5 rings (SSSR count). The van der Waals surface area contributed by atoms with Crippen LogP contribution in [-0.2, 0) is 6.54 Å². The van der Waals surface area contributed by atoms with Crippen molar-refractivity contribution in [2.75, 3.05) is 18.8 Å². The molecule has 0 bridgehead atoms. The number of aryl methyl sites for hydroxylation is 1. The number of thioether (sulfide) groups is 1. The predicted octanol–water partition coefficient (Wildman–Crippen LogP) is 4.97. The first-order chi connectivity index (χ1) is 15.6. The Morgan fingerprint density at radius 3 is 2.56 bits per heavy atom. The number of nitrogens with zero attached hydrogens (tertiary/aromatic N) is 6. The molecule has 32 heavy (non-hydrogen) atoms. The molecule has 2 aliphatic rings. The van der Waals surface area contributed by atoms with Gasteiger partial charge in [-0.3, -0.25) is 14.9 Å². The van der Waals surface area contributed by atoms with Gasteiger partial charge >= 0.3 is 0 Å². The maximum atomic E-state index is 6.31. The zero-order valence-corrected chi connectivity index (χ0v) is 20.1. The van der Waals surface area contributed by atoms with Crippen molar-refractivity contribution in [2.24, 2.45) is 0 Å². The van der Waals surface area contributed by atoms with Crippen molar-refractivity contribution in [3.05, 3.63) is 29.8 Å². The highest BCUT2D eigenvalue weighted by Gasteiger charge is 2.20. The van der Waals surface area contributed by atoms with Crippen LogP contribution in [0, 0.1) is 6.92 Å². The fourth-order valence-corrected chi connectivity index (χ4v) is 6.51. The Kier molecular flexibility index (Phi) is 6.66. The number of nitrogen functional groups attached to an aromatic ring is 1. The van der Waals surface area contributed by atoms with E-state index in [1.165, 1.54) is 56.3 Å². The zero-order chi connectivity index (χ0) is 21.9. The highest BCUT2D eigenvalue weighted by Crippen LogP contribution is 2.37. The standard InChI is InChI=1S/C23H29N7S2/c1-15-11-18(28-23(27-15)31-17-7-3-2-4-8-17)20-21(24)29-22(32-20)19-13-25-16(12-26-19)14-30-9-5-6-10-30/h11-13,17H,2-10,14,24H2,1H3. The highest BCUT2D eigenvalue weighted by molar-refractivity contribution is 7.99. The highest BCUT2D eigenvalue weighted by atomic mass is 32.2. The van der Waals surface area contributed by atoms with Gasteiger partial charge in [-0.1, -0.05) is 31.0 Å². The van der Waals surface area contributed by atoms with Gasteiger partial charge in [0.2, 0.25) is 0 Å². The minimum Gasteiger partial charge on any atom is -0.382 e. The van der Waals surface area contributed by atoms with Crippen LogP contribution in [0.15, 0.2) is 23.6 Å². The Hall–Kier alpha value is -2.10. The lowest BCUT2D eigenvalue weighted by Gasteiger charge is -2.20. The van der Waals surface area contributed by atoms with Gasteiger partial charge in [-0.2, -0.15) is 0 Å². The Balaban J connectivity index is 1.34. The normalized spacial score (nSPS) is 17.8. The van der Waals surface area contributed by atoms with Crippen molar-refractivity contribution in [3.63, 3.8) is 0 Å². The van der Waals surface area contributed by atoms with Crippen molar-refractivity contribution >= 4 is 28.9 Å². The van der Waals surface area contributed by atoms with Crippen LogP contribution in [0.25, 0.3) is 21.3 Å². The zero-order valence-electron chi connectivity index (χ0n) is 18.5. The van der Waals surface area contributed by atoms with E-state index in [1.54, 1.807) is 11.8 Å². The van der Waals surface area contributed by atoms with Gasteiger partial charge < -0.3 is 5.73 Å². The average Bonchev–Trinajstić information content (AvgIpc) is 3.44. The first-order valence-corrected chi connectivity index (χ1v) is 13.2. The third-order valence-corrected chi connectivity index (χ3v) is 8.37. The van der Waals surface area contributed by atoms with Gasteiger partial charge in [-0.15, -0.1) is 11.3 Å². The Morgan fingerprint density at radius 1 is 1.00 bits per heavy atom. The van der Waals surface area contributed by atoms with Crippen LogP contribution in [0.2, 0.25) is 0 Å². The molecule has 1 saturated heterocycles. The van der Waals surface area contributed by atoms with Crippen LogP contribution in [0.3, 0.4) is 0 Å². The summed E-state index contributed by atoms with van der Waals surface area (Å²) < 4.78 is 0. The predicted molar refractivity (Wildman–Crippen MR) is 131 cm³/mol. The van der Waals surface area contributed by atoms with Crippen LogP contribution in [0.4, 0.5) is 5.82 Å². The van der Waals surface area contributed by atoms with Crippen molar-refractivity contribution in [3.8, 4) is 21.3 Å². The van der Waals surface area contributed by atoms with E-state index in [0.29, 0.717) is 11.1 Å². The van der Waals surface area contributed by atoms with E-state index in [-0.39, 0.29) is 0 Å². The second-order valence-electron chi connectivity index (χ2n) is 8.66. The molecule has 4 heterocycles. The summed E-state index contributed by atoms with van der Waals surface area (Å²) in [5.41, 5.74) is 9.85. The topological polar surface area (TPSA) is 93.7 Å². The Morgan fingerprint density at radius 2 is 1.81 bits per heavy atom. The number of rotatable bonds is 6. The minimum atomic E-state index is 0.486. The molecule has 2 N–H and O–H groups in total. The first-order valence-electron chi connectivity index (χ1n) is 11.5. The number of aromatic nitrogens is 5. The molecule has 1 aliphatic carbocycles. The first kappa shape index (κ1) is 21.7. The van der Waals surface area contributed by atoms with Crippen molar-refractivity contribution < 1.29 is 0 Å². The largest absolute Gasteiger partial charge is 0.382 e. The lowest BCUT2D eigenvalue weighted by Crippen LogP contribution is -2.19. The van der Waals surface area contributed by atoms with E-state index in [9.17, 15) is 0 Å².